The Labute approximate surface area is 98.8 Å². The molecular weight excluding hydrogens is 200 g/mol. The van der Waals surface area contributed by atoms with Gasteiger partial charge in [0.05, 0.1) is 0 Å². The minimum absolute atomic E-state index is 0.0390. The quantitative estimate of drug-likeness (QED) is 0.577. The Morgan fingerprint density at radius 3 is 2.38 bits per heavy atom. The molecule has 16 heavy (non-hydrogen) atoms. The molecule has 0 spiro atoms. The maximum Gasteiger partial charge on any atom is 0.298 e. The monoisotopic (exact) mass is 222 g/mol. The molecule has 0 bridgehead atoms. The fourth-order valence-corrected chi connectivity index (χ4v) is 2.32. The molecule has 0 aliphatic carbocycles. The number of piperazine rings is 1. The van der Waals surface area contributed by atoms with Gasteiger partial charge in [0.15, 0.2) is 0 Å². The third-order valence-corrected chi connectivity index (χ3v) is 3.01. The summed E-state index contributed by atoms with van der Waals surface area (Å²) in [7, 11) is 0. The van der Waals surface area contributed by atoms with Gasteiger partial charge in [0.1, 0.15) is 0 Å². The Bertz CT molecular complexity index is 319. The van der Waals surface area contributed by atoms with Crippen molar-refractivity contribution in [2.75, 3.05) is 19.6 Å². The second kappa shape index (κ2) is 4.88. The van der Waals surface area contributed by atoms with Crippen molar-refractivity contribution in [3.63, 3.8) is 0 Å². The van der Waals surface area contributed by atoms with Crippen molar-refractivity contribution in [1.82, 2.24) is 9.80 Å². The highest BCUT2D eigenvalue weighted by Gasteiger charge is 2.32. The van der Waals surface area contributed by atoms with E-state index in [1.807, 2.05) is 4.90 Å². The lowest BCUT2D eigenvalue weighted by atomic mass is 10.0. The Hall–Kier alpha value is -1.01. The Morgan fingerprint density at radius 2 is 1.94 bits per heavy atom. The first-order valence-corrected chi connectivity index (χ1v) is 5.84. The maximum atomic E-state index is 11.6. The van der Waals surface area contributed by atoms with Crippen LogP contribution in [0.3, 0.4) is 0 Å². The number of nitrogens with zero attached hydrogens (tertiary/aromatic N) is 2. The van der Waals surface area contributed by atoms with Crippen LogP contribution in [0.4, 0.5) is 0 Å². The first-order valence-electron chi connectivity index (χ1n) is 5.84. The second-order valence-electron chi connectivity index (χ2n) is 5.34. The van der Waals surface area contributed by atoms with Gasteiger partial charge in [-0.25, -0.2) is 0 Å². The lowest BCUT2D eigenvalue weighted by Gasteiger charge is -2.46. The smallest absolute Gasteiger partial charge is 0.298 e. The molecule has 0 aromatic heterocycles. The zero-order chi connectivity index (χ0) is 12.3. The number of amides is 1. The van der Waals surface area contributed by atoms with E-state index in [0.717, 1.165) is 19.6 Å². The zero-order valence-corrected chi connectivity index (χ0v) is 11.0. The van der Waals surface area contributed by atoms with Crippen LogP contribution in [0.15, 0.2) is 0 Å². The van der Waals surface area contributed by atoms with E-state index < -0.39 is 0 Å². The van der Waals surface area contributed by atoms with E-state index in [9.17, 15) is 4.79 Å². The van der Waals surface area contributed by atoms with Crippen LogP contribution in [0.5, 0.6) is 0 Å². The van der Waals surface area contributed by atoms with Gasteiger partial charge in [0.2, 0.25) is 0 Å². The third-order valence-electron chi connectivity index (χ3n) is 3.01. The lowest BCUT2D eigenvalue weighted by Crippen LogP contribution is -2.59. The van der Waals surface area contributed by atoms with Crippen LogP contribution in [0.25, 0.3) is 0 Å². The largest absolute Gasteiger partial charge is 0.329 e. The molecule has 0 N–H and O–H groups in total. The van der Waals surface area contributed by atoms with Crippen LogP contribution in [0, 0.1) is 11.8 Å². The second-order valence-corrected chi connectivity index (χ2v) is 5.34. The molecule has 1 aliphatic heterocycles. The summed E-state index contributed by atoms with van der Waals surface area (Å²) in [5, 5.41) is 0. The topological polar surface area (TPSA) is 23.6 Å². The number of carbonyl (C=O) groups is 1. The fraction of sp³-hybridized carbons (Fsp3) is 0.769. The highest BCUT2D eigenvalue weighted by atomic mass is 16.2. The predicted molar refractivity (Wildman–Crippen MR) is 66.0 cm³/mol. The average molecular weight is 222 g/mol. The molecule has 1 unspecified atom stereocenters. The van der Waals surface area contributed by atoms with Gasteiger partial charge >= 0.3 is 0 Å². The van der Waals surface area contributed by atoms with Gasteiger partial charge in [-0.15, -0.1) is 0 Å². The van der Waals surface area contributed by atoms with Crippen LogP contribution in [-0.4, -0.2) is 46.9 Å². The molecule has 0 saturated carbocycles. The van der Waals surface area contributed by atoms with Gasteiger partial charge in [0.25, 0.3) is 5.91 Å². The molecule has 1 atom stereocenters. The maximum absolute atomic E-state index is 11.6. The summed E-state index contributed by atoms with van der Waals surface area (Å²) in [4.78, 5) is 15.9. The SMILES string of the molecule is CC#CC(=O)N1CCN(C(C)(C)C)C(C)C1. The van der Waals surface area contributed by atoms with Crippen LogP contribution in [0.1, 0.15) is 34.6 Å². The fourth-order valence-electron chi connectivity index (χ4n) is 2.32. The van der Waals surface area contributed by atoms with Crippen molar-refractivity contribution in [3.05, 3.63) is 0 Å². The summed E-state index contributed by atoms with van der Waals surface area (Å²) in [6.07, 6.45) is 0. The number of hydrogen-bond donors (Lipinski definition) is 0. The minimum atomic E-state index is -0.0390. The van der Waals surface area contributed by atoms with Crippen molar-refractivity contribution in [3.8, 4) is 11.8 Å². The predicted octanol–water partition coefficient (Wildman–Crippen LogP) is 1.34. The van der Waals surface area contributed by atoms with Gasteiger partial charge in [-0.1, -0.05) is 5.92 Å². The van der Waals surface area contributed by atoms with E-state index in [2.05, 4.69) is 44.4 Å². The van der Waals surface area contributed by atoms with Crippen LogP contribution in [0.2, 0.25) is 0 Å². The Morgan fingerprint density at radius 1 is 1.31 bits per heavy atom. The summed E-state index contributed by atoms with van der Waals surface area (Å²) in [6.45, 7) is 13.0. The highest BCUT2D eigenvalue weighted by Crippen LogP contribution is 2.20. The van der Waals surface area contributed by atoms with E-state index in [1.165, 1.54) is 0 Å². The van der Waals surface area contributed by atoms with Gasteiger partial charge < -0.3 is 4.90 Å². The molecule has 1 heterocycles. The molecule has 3 nitrogen and oxygen atoms in total. The molecule has 1 amide bonds. The van der Waals surface area contributed by atoms with Gasteiger partial charge in [0, 0.05) is 31.2 Å². The normalized spacial score (nSPS) is 22.6. The number of carbonyl (C=O) groups excluding carboxylic acids is 1. The standard InChI is InChI=1S/C13H22N2O/c1-6-7-12(16)14-8-9-15(11(2)10-14)13(3,4)5/h11H,8-10H2,1-5H3. The Balaban J connectivity index is 2.64. The van der Waals surface area contributed by atoms with Gasteiger partial charge in [-0.3, -0.25) is 9.69 Å². The van der Waals surface area contributed by atoms with Crippen molar-refractivity contribution in [2.24, 2.45) is 0 Å². The molecule has 0 radical (unpaired) electrons. The van der Waals surface area contributed by atoms with E-state index in [0.29, 0.717) is 6.04 Å². The Kier molecular flexibility index (Phi) is 3.98. The third kappa shape index (κ3) is 2.99. The van der Waals surface area contributed by atoms with Crippen LogP contribution in [-0.2, 0) is 4.79 Å². The number of hydrogen-bond acceptors (Lipinski definition) is 2. The summed E-state index contributed by atoms with van der Waals surface area (Å²) in [5.41, 5.74) is 0.172. The zero-order valence-electron chi connectivity index (χ0n) is 11.0. The first-order chi connectivity index (χ1) is 7.36. The molecule has 0 aromatic carbocycles. The average Bonchev–Trinajstić information content (AvgIpc) is 2.16. The summed E-state index contributed by atoms with van der Waals surface area (Å²) < 4.78 is 0. The van der Waals surface area contributed by atoms with E-state index in [4.69, 9.17) is 0 Å². The molecule has 90 valence electrons. The first kappa shape index (κ1) is 13.1. The van der Waals surface area contributed by atoms with Crippen LogP contribution < -0.4 is 0 Å². The number of rotatable bonds is 0. The van der Waals surface area contributed by atoms with E-state index in [-0.39, 0.29) is 11.4 Å². The van der Waals surface area contributed by atoms with Gasteiger partial charge in [-0.05, 0) is 40.5 Å². The highest BCUT2D eigenvalue weighted by molar-refractivity contribution is 5.93. The lowest BCUT2D eigenvalue weighted by molar-refractivity contribution is -0.129. The van der Waals surface area contributed by atoms with Crippen molar-refractivity contribution >= 4 is 5.91 Å². The molecule has 1 rings (SSSR count). The molecule has 1 fully saturated rings. The molecule has 1 saturated heterocycles. The van der Waals surface area contributed by atoms with E-state index >= 15 is 0 Å². The van der Waals surface area contributed by atoms with Crippen LogP contribution >= 0.6 is 0 Å². The summed E-state index contributed by atoms with van der Waals surface area (Å²) in [6, 6.07) is 0.399. The minimum Gasteiger partial charge on any atom is -0.329 e. The molecule has 0 aromatic rings. The molecular formula is C13H22N2O. The van der Waals surface area contributed by atoms with Gasteiger partial charge in [-0.2, -0.15) is 0 Å². The molecule has 3 heteroatoms. The van der Waals surface area contributed by atoms with E-state index in [1.54, 1.807) is 6.92 Å². The van der Waals surface area contributed by atoms with Crippen molar-refractivity contribution < 1.29 is 4.79 Å². The summed E-state index contributed by atoms with van der Waals surface area (Å²) >= 11 is 0. The van der Waals surface area contributed by atoms with Crippen molar-refractivity contribution in [1.29, 1.82) is 0 Å². The molecule has 1 aliphatic rings. The van der Waals surface area contributed by atoms with Crippen molar-refractivity contribution in [2.45, 2.75) is 46.2 Å². The summed E-state index contributed by atoms with van der Waals surface area (Å²) in [5.74, 6) is 5.24.